The second-order valence-electron chi connectivity index (χ2n) is 6.67. The monoisotopic (exact) mass is 276 g/mol. The van der Waals surface area contributed by atoms with Crippen LogP contribution in [-0.2, 0) is 0 Å². The molecule has 1 amide bonds. The standard InChI is InChI=1S/C16H24N2O2/c1-15(2)11-18(16(3,4)10-17-15)14(19)12-6-8-13(20-5)9-7-12/h6-9,17H,10-11H2,1-5H3. The van der Waals surface area contributed by atoms with Gasteiger partial charge in [-0.3, -0.25) is 4.79 Å². The van der Waals surface area contributed by atoms with Gasteiger partial charge in [0.05, 0.1) is 12.6 Å². The highest BCUT2D eigenvalue weighted by atomic mass is 16.5. The van der Waals surface area contributed by atoms with Gasteiger partial charge in [-0.2, -0.15) is 0 Å². The number of hydrogen-bond donors (Lipinski definition) is 1. The number of piperazine rings is 1. The van der Waals surface area contributed by atoms with Gasteiger partial charge in [-0.05, 0) is 52.0 Å². The van der Waals surface area contributed by atoms with E-state index in [-0.39, 0.29) is 17.0 Å². The number of carbonyl (C=O) groups is 1. The average molecular weight is 276 g/mol. The van der Waals surface area contributed by atoms with Gasteiger partial charge < -0.3 is 15.0 Å². The lowest BCUT2D eigenvalue weighted by Crippen LogP contribution is -2.67. The summed E-state index contributed by atoms with van der Waals surface area (Å²) in [6.45, 7) is 9.92. The molecule has 1 aliphatic heterocycles. The molecule has 110 valence electrons. The number of benzene rings is 1. The van der Waals surface area contributed by atoms with Gasteiger partial charge in [-0.1, -0.05) is 0 Å². The van der Waals surface area contributed by atoms with Crippen molar-refractivity contribution >= 4 is 5.91 Å². The average Bonchev–Trinajstić information content (AvgIpc) is 2.41. The fourth-order valence-electron chi connectivity index (χ4n) is 2.45. The summed E-state index contributed by atoms with van der Waals surface area (Å²) in [6.07, 6.45) is 0. The molecule has 1 N–H and O–H groups in total. The van der Waals surface area contributed by atoms with Gasteiger partial charge >= 0.3 is 0 Å². The third-order valence-electron chi connectivity index (χ3n) is 3.87. The first kappa shape index (κ1) is 14.9. The zero-order valence-corrected chi connectivity index (χ0v) is 13.0. The Labute approximate surface area is 121 Å². The summed E-state index contributed by atoms with van der Waals surface area (Å²) < 4.78 is 5.13. The molecule has 1 heterocycles. The predicted octanol–water partition coefficient (Wildman–Crippen LogP) is 2.30. The summed E-state index contributed by atoms with van der Waals surface area (Å²) in [6, 6.07) is 7.31. The summed E-state index contributed by atoms with van der Waals surface area (Å²) in [5.74, 6) is 0.841. The Kier molecular flexibility index (Phi) is 3.78. The van der Waals surface area contributed by atoms with E-state index < -0.39 is 0 Å². The van der Waals surface area contributed by atoms with Crippen LogP contribution in [-0.4, -0.2) is 42.1 Å². The molecule has 0 bridgehead atoms. The van der Waals surface area contributed by atoms with E-state index in [1.807, 2.05) is 29.2 Å². The summed E-state index contributed by atoms with van der Waals surface area (Å²) in [5, 5.41) is 3.49. The SMILES string of the molecule is COc1ccc(C(=O)N2CC(C)(C)NCC2(C)C)cc1. The molecule has 0 radical (unpaired) electrons. The van der Waals surface area contributed by atoms with Crippen LogP contribution >= 0.6 is 0 Å². The first-order chi connectivity index (χ1) is 9.25. The molecule has 0 atom stereocenters. The number of hydrogen-bond acceptors (Lipinski definition) is 3. The van der Waals surface area contributed by atoms with E-state index in [2.05, 4.69) is 33.0 Å². The van der Waals surface area contributed by atoms with Gasteiger partial charge in [0.25, 0.3) is 5.91 Å². The molecule has 4 nitrogen and oxygen atoms in total. The molecule has 0 spiro atoms. The van der Waals surface area contributed by atoms with Crippen molar-refractivity contribution in [3.05, 3.63) is 29.8 Å². The van der Waals surface area contributed by atoms with Crippen LogP contribution in [0.25, 0.3) is 0 Å². The fourth-order valence-corrected chi connectivity index (χ4v) is 2.45. The van der Waals surface area contributed by atoms with E-state index >= 15 is 0 Å². The zero-order chi connectivity index (χ0) is 15.0. The number of nitrogens with one attached hydrogen (secondary N) is 1. The minimum atomic E-state index is -0.188. The van der Waals surface area contributed by atoms with Crippen molar-refractivity contribution in [2.45, 2.75) is 38.8 Å². The van der Waals surface area contributed by atoms with Crippen LogP contribution in [0.4, 0.5) is 0 Å². The number of rotatable bonds is 2. The topological polar surface area (TPSA) is 41.6 Å². The molecule has 20 heavy (non-hydrogen) atoms. The van der Waals surface area contributed by atoms with Gasteiger partial charge in [0.2, 0.25) is 0 Å². The zero-order valence-electron chi connectivity index (χ0n) is 13.0. The minimum Gasteiger partial charge on any atom is -0.497 e. The molecule has 0 unspecified atom stereocenters. The fraction of sp³-hybridized carbons (Fsp3) is 0.562. The summed E-state index contributed by atoms with van der Waals surface area (Å²) in [5.41, 5.74) is 0.459. The van der Waals surface area contributed by atoms with Crippen molar-refractivity contribution in [1.82, 2.24) is 10.2 Å². The number of amides is 1. The van der Waals surface area contributed by atoms with E-state index in [9.17, 15) is 4.79 Å². The Hall–Kier alpha value is -1.55. The Morgan fingerprint density at radius 3 is 2.35 bits per heavy atom. The quantitative estimate of drug-likeness (QED) is 0.901. The molecular weight excluding hydrogens is 252 g/mol. The lowest BCUT2D eigenvalue weighted by Gasteiger charge is -2.49. The number of carbonyl (C=O) groups excluding carboxylic acids is 1. The molecule has 1 aliphatic rings. The first-order valence-corrected chi connectivity index (χ1v) is 6.96. The molecule has 1 fully saturated rings. The lowest BCUT2D eigenvalue weighted by atomic mass is 9.90. The molecule has 0 aromatic heterocycles. The summed E-state index contributed by atoms with van der Waals surface area (Å²) in [7, 11) is 1.62. The summed E-state index contributed by atoms with van der Waals surface area (Å²) in [4.78, 5) is 14.7. The van der Waals surface area contributed by atoms with Gasteiger partial charge in [0.15, 0.2) is 0 Å². The molecule has 0 saturated carbocycles. The van der Waals surface area contributed by atoms with Crippen LogP contribution < -0.4 is 10.1 Å². The van der Waals surface area contributed by atoms with Crippen molar-refractivity contribution in [3.63, 3.8) is 0 Å². The van der Waals surface area contributed by atoms with Crippen LogP contribution in [0.2, 0.25) is 0 Å². The first-order valence-electron chi connectivity index (χ1n) is 6.96. The van der Waals surface area contributed by atoms with Crippen LogP contribution in [0.3, 0.4) is 0 Å². The highest BCUT2D eigenvalue weighted by molar-refractivity contribution is 5.95. The predicted molar refractivity (Wildman–Crippen MR) is 80.2 cm³/mol. The lowest BCUT2D eigenvalue weighted by molar-refractivity contribution is 0.0281. The number of ether oxygens (including phenoxy) is 1. The number of nitrogens with zero attached hydrogens (tertiary/aromatic N) is 1. The van der Waals surface area contributed by atoms with E-state index in [0.717, 1.165) is 12.3 Å². The maximum Gasteiger partial charge on any atom is 0.254 e. The minimum absolute atomic E-state index is 0.0579. The van der Waals surface area contributed by atoms with E-state index in [1.165, 1.54) is 0 Å². The van der Waals surface area contributed by atoms with E-state index in [1.54, 1.807) is 7.11 Å². The Morgan fingerprint density at radius 1 is 1.20 bits per heavy atom. The van der Waals surface area contributed by atoms with E-state index in [0.29, 0.717) is 12.1 Å². The van der Waals surface area contributed by atoms with Crippen molar-refractivity contribution in [2.75, 3.05) is 20.2 Å². The van der Waals surface area contributed by atoms with Crippen LogP contribution in [0.5, 0.6) is 5.75 Å². The molecule has 1 aromatic rings. The highest BCUT2D eigenvalue weighted by Gasteiger charge is 2.40. The molecule has 1 aromatic carbocycles. The Bertz CT molecular complexity index is 492. The maximum atomic E-state index is 12.8. The Morgan fingerprint density at radius 2 is 1.80 bits per heavy atom. The van der Waals surface area contributed by atoms with Gasteiger partial charge in [-0.25, -0.2) is 0 Å². The van der Waals surface area contributed by atoms with Gasteiger partial charge in [-0.15, -0.1) is 0 Å². The van der Waals surface area contributed by atoms with Gasteiger partial charge in [0, 0.05) is 24.2 Å². The molecule has 2 rings (SSSR count). The van der Waals surface area contributed by atoms with Crippen molar-refractivity contribution in [2.24, 2.45) is 0 Å². The third kappa shape index (κ3) is 2.96. The normalized spacial score (nSPS) is 20.6. The maximum absolute atomic E-state index is 12.8. The second-order valence-corrected chi connectivity index (χ2v) is 6.67. The smallest absolute Gasteiger partial charge is 0.254 e. The number of methoxy groups -OCH3 is 1. The van der Waals surface area contributed by atoms with Crippen LogP contribution in [0.1, 0.15) is 38.1 Å². The molecule has 4 heteroatoms. The summed E-state index contributed by atoms with van der Waals surface area (Å²) >= 11 is 0. The Balaban J connectivity index is 2.25. The molecular formula is C16H24N2O2. The van der Waals surface area contributed by atoms with Gasteiger partial charge in [0.1, 0.15) is 5.75 Å². The van der Waals surface area contributed by atoms with E-state index in [4.69, 9.17) is 4.74 Å². The second kappa shape index (κ2) is 5.09. The third-order valence-corrected chi connectivity index (χ3v) is 3.87. The van der Waals surface area contributed by atoms with Crippen molar-refractivity contribution in [3.8, 4) is 5.75 Å². The largest absolute Gasteiger partial charge is 0.497 e. The van der Waals surface area contributed by atoms with Crippen LogP contribution in [0.15, 0.2) is 24.3 Å². The highest BCUT2D eigenvalue weighted by Crippen LogP contribution is 2.26. The van der Waals surface area contributed by atoms with Crippen molar-refractivity contribution in [1.29, 1.82) is 0 Å². The molecule has 1 saturated heterocycles. The van der Waals surface area contributed by atoms with Crippen molar-refractivity contribution < 1.29 is 9.53 Å². The van der Waals surface area contributed by atoms with Crippen LogP contribution in [0, 0.1) is 0 Å². The molecule has 0 aliphatic carbocycles.